The highest BCUT2D eigenvalue weighted by atomic mass is 16.3. The van der Waals surface area contributed by atoms with Crippen LogP contribution in [0.4, 0.5) is 11.4 Å². The van der Waals surface area contributed by atoms with E-state index in [1.165, 1.54) is 0 Å². The Bertz CT molecular complexity index is 1560. The number of benzene rings is 5. The van der Waals surface area contributed by atoms with Crippen LogP contribution in [0.5, 0.6) is 0 Å². The molecular weight excluding hydrogens is 468 g/mol. The van der Waals surface area contributed by atoms with Crippen LogP contribution in [0.25, 0.3) is 22.9 Å². The standard InChI is InChI=1S/C34H30N2O2/c35-33-17-9-16-32(31(33)21-18-25-10-3-1-4-11-25)34(38)36(30(24-37)22-26-12-5-2-6-13-26)29-20-19-27-14-7-8-15-28(27)23-29/h1-21,23,30,37H,22,24,35H2/b21-18+. The Morgan fingerprint density at radius 1 is 0.763 bits per heavy atom. The van der Waals surface area contributed by atoms with E-state index < -0.39 is 6.04 Å². The molecule has 5 aromatic carbocycles. The zero-order valence-corrected chi connectivity index (χ0v) is 21.1. The number of aliphatic hydroxyl groups is 1. The van der Waals surface area contributed by atoms with Crippen molar-refractivity contribution in [2.75, 3.05) is 17.2 Å². The highest BCUT2D eigenvalue weighted by Gasteiger charge is 2.28. The molecule has 1 amide bonds. The number of nitrogens with two attached hydrogens (primary N) is 1. The first-order valence-electron chi connectivity index (χ1n) is 12.7. The molecule has 3 N–H and O–H groups in total. The van der Waals surface area contributed by atoms with Crippen LogP contribution in [0.3, 0.4) is 0 Å². The topological polar surface area (TPSA) is 66.6 Å². The van der Waals surface area contributed by atoms with Crippen LogP contribution in [0.1, 0.15) is 27.0 Å². The zero-order valence-electron chi connectivity index (χ0n) is 21.1. The summed E-state index contributed by atoms with van der Waals surface area (Å²) in [4.78, 5) is 16.1. The predicted octanol–water partition coefficient (Wildman–Crippen LogP) is 6.84. The quantitative estimate of drug-likeness (QED) is 0.182. The second-order valence-electron chi connectivity index (χ2n) is 9.29. The molecule has 0 aliphatic rings. The van der Waals surface area contributed by atoms with E-state index in [9.17, 15) is 9.90 Å². The molecule has 0 bridgehead atoms. The van der Waals surface area contributed by atoms with Gasteiger partial charge in [0.15, 0.2) is 0 Å². The fourth-order valence-corrected chi connectivity index (χ4v) is 4.77. The molecule has 0 heterocycles. The second-order valence-corrected chi connectivity index (χ2v) is 9.29. The number of nitrogen functional groups attached to an aromatic ring is 1. The third-order valence-electron chi connectivity index (χ3n) is 6.73. The van der Waals surface area contributed by atoms with Crippen LogP contribution in [-0.4, -0.2) is 23.7 Å². The second kappa shape index (κ2) is 11.6. The van der Waals surface area contributed by atoms with Crippen molar-refractivity contribution in [3.8, 4) is 0 Å². The minimum atomic E-state index is -0.474. The van der Waals surface area contributed by atoms with E-state index in [2.05, 4.69) is 0 Å². The van der Waals surface area contributed by atoms with Gasteiger partial charge in [0, 0.05) is 22.5 Å². The maximum Gasteiger partial charge on any atom is 0.259 e. The Labute approximate surface area is 223 Å². The first-order valence-corrected chi connectivity index (χ1v) is 12.7. The number of carbonyl (C=O) groups is 1. The van der Waals surface area contributed by atoms with E-state index in [1.807, 2.05) is 115 Å². The number of amides is 1. The van der Waals surface area contributed by atoms with Crippen LogP contribution in [0.2, 0.25) is 0 Å². The number of hydrogen-bond donors (Lipinski definition) is 2. The van der Waals surface area contributed by atoms with Gasteiger partial charge in [0.25, 0.3) is 5.91 Å². The summed E-state index contributed by atoms with van der Waals surface area (Å²) < 4.78 is 0. The van der Waals surface area contributed by atoms with Gasteiger partial charge >= 0.3 is 0 Å². The molecule has 0 fully saturated rings. The van der Waals surface area contributed by atoms with Crippen molar-refractivity contribution in [3.63, 3.8) is 0 Å². The Hall–Kier alpha value is -4.67. The molecule has 0 aliphatic heterocycles. The van der Waals surface area contributed by atoms with E-state index in [-0.39, 0.29) is 12.5 Å². The molecule has 1 atom stereocenters. The molecular formula is C34H30N2O2. The van der Waals surface area contributed by atoms with E-state index in [0.29, 0.717) is 23.2 Å². The van der Waals surface area contributed by atoms with Crippen LogP contribution in [-0.2, 0) is 6.42 Å². The minimum Gasteiger partial charge on any atom is -0.398 e. The Kier molecular flexibility index (Phi) is 7.62. The first kappa shape index (κ1) is 25.0. The summed E-state index contributed by atoms with van der Waals surface area (Å²) in [6.45, 7) is -0.190. The monoisotopic (exact) mass is 498 g/mol. The Balaban J connectivity index is 1.60. The molecule has 5 aromatic rings. The third-order valence-corrected chi connectivity index (χ3v) is 6.73. The Morgan fingerprint density at radius 2 is 1.45 bits per heavy atom. The zero-order chi connectivity index (χ0) is 26.3. The van der Waals surface area contributed by atoms with Crippen LogP contribution in [0, 0.1) is 0 Å². The van der Waals surface area contributed by atoms with Crippen molar-refractivity contribution >= 4 is 40.2 Å². The van der Waals surface area contributed by atoms with Gasteiger partial charge in [0.05, 0.1) is 12.6 Å². The molecule has 0 radical (unpaired) electrons. The fraction of sp³-hybridized carbons (Fsp3) is 0.0882. The molecule has 4 nitrogen and oxygen atoms in total. The van der Waals surface area contributed by atoms with Crippen LogP contribution < -0.4 is 10.6 Å². The number of hydrogen-bond acceptors (Lipinski definition) is 3. The number of fused-ring (bicyclic) bond motifs is 1. The van der Waals surface area contributed by atoms with Crippen molar-refractivity contribution in [1.29, 1.82) is 0 Å². The maximum atomic E-state index is 14.4. The van der Waals surface area contributed by atoms with E-state index in [0.717, 1.165) is 27.6 Å². The van der Waals surface area contributed by atoms with Crippen molar-refractivity contribution in [2.24, 2.45) is 0 Å². The summed E-state index contributed by atoms with van der Waals surface area (Å²) >= 11 is 0. The molecule has 0 saturated carbocycles. The third kappa shape index (κ3) is 5.51. The number of rotatable bonds is 8. The highest BCUT2D eigenvalue weighted by Crippen LogP contribution is 2.29. The largest absolute Gasteiger partial charge is 0.398 e. The lowest BCUT2D eigenvalue weighted by molar-refractivity contribution is 0.0963. The molecule has 0 spiro atoms. The summed E-state index contributed by atoms with van der Waals surface area (Å²) in [6.07, 6.45) is 4.35. The summed E-state index contributed by atoms with van der Waals surface area (Å²) in [5.74, 6) is -0.213. The average molecular weight is 499 g/mol. The molecule has 5 rings (SSSR count). The van der Waals surface area contributed by atoms with Gasteiger partial charge in [-0.1, -0.05) is 109 Å². The SMILES string of the molecule is Nc1cccc(C(=O)N(c2ccc3ccccc3c2)C(CO)Cc2ccccc2)c1/C=C/c1ccccc1. The summed E-state index contributed by atoms with van der Waals surface area (Å²) in [7, 11) is 0. The number of aliphatic hydroxyl groups excluding tert-OH is 1. The van der Waals surface area contributed by atoms with Crippen molar-refractivity contribution < 1.29 is 9.90 Å². The summed E-state index contributed by atoms with van der Waals surface area (Å²) in [5, 5.41) is 12.7. The Morgan fingerprint density at radius 3 is 2.18 bits per heavy atom. The van der Waals surface area contributed by atoms with Gasteiger partial charge in [0.1, 0.15) is 0 Å². The summed E-state index contributed by atoms with van der Waals surface area (Å²) in [5.41, 5.74) is 10.8. The van der Waals surface area contributed by atoms with Crippen LogP contribution >= 0.6 is 0 Å². The van der Waals surface area contributed by atoms with Gasteiger partial charge in [-0.3, -0.25) is 4.79 Å². The van der Waals surface area contributed by atoms with Gasteiger partial charge in [-0.25, -0.2) is 0 Å². The molecule has 38 heavy (non-hydrogen) atoms. The summed E-state index contributed by atoms with van der Waals surface area (Å²) in [6, 6.07) is 38.8. The predicted molar refractivity (Wildman–Crippen MR) is 158 cm³/mol. The molecule has 4 heteroatoms. The number of nitrogens with zero attached hydrogens (tertiary/aromatic N) is 1. The lowest BCUT2D eigenvalue weighted by atomic mass is 9.99. The van der Waals surface area contributed by atoms with Gasteiger partial charge in [0.2, 0.25) is 0 Å². The molecule has 0 aromatic heterocycles. The normalized spacial score (nSPS) is 12.0. The molecule has 1 unspecified atom stereocenters. The van der Waals surface area contributed by atoms with E-state index in [1.54, 1.807) is 23.1 Å². The lowest BCUT2D eigenvalue weighted by Crippen LogP contribution is -2.44. The lowest BCUT2D eigenvalue weighted by Gasteiger charge is -2.32. The van der Waals surface area contributed by atoms with Crippen LogP contribution in [0.15, 0.2) is 121 Å². The highest BCUT2D eigenvalue weighted by molar-refractivity contribution is 6.11. The number of carbonyl (C=O) groups excluding carboxylic acids is 1. The van der Waals surface area contributed by atoms with Crippen molar-refractivity contribution in [1.82, 2.24) is 0 Å². The first-order chi connectivity index (χ1) is 18.6. The number of anilines is 2. The fourth-order valence-electron chi connectivity index (χ4n) is 4.77. The van der Waals surface area contributed by atoms with Gasteiger partial charge in [-0.15, -0.1) is 0 Å². The van der Waals surface area contributed by atoms with E-state index >= 15 is 0 Å². The van der Waals surface area contributed by atoms with Gasteiger partial charge in [-0.2, -0.15) is 0 Å². The van der Waals surface area contributed by atoms with E-state index in [4.69, 9.17) is 5.73 Å². The van der Waals surface area contributed by atoms with Crippen molar-refractivity contribution in [3.05, 3.63) is 144 Å². The van der Waals surface area contributed by atoms with Crippen molar-refractivity contribution in [2.45, 2.75) is 12.5 Å². The smallest absolute Gasteiger partial charge is 0.259 e. The molecule has 0 saturated heterocycles. The molecule has 188 valence electrons. The van der Waals surface area contributed by atoms with Gasteiger partial charge in [-0.05, 0) is 52.6 Å². The minimum absolute atomic E-state index is 0.190. The average Bonchev–Trinajstić information content (AvgIpc) is 2.97. The van der Waals surface area contributed by atoms with Gasteiger partial charge < -0.3 is 15.7 Å². The molecule has 0 aliphatic carbocycles. The maximum absolute atomic E-state index is 14.4.